The Morgan fingerprint density at radius 3 is 2.47 bits per heavy atom. The van der Waals surface area contributed by atoms with E-state index < -0.39 is 10.0 Å². The molecule has 0 fully saturated rings. The summed E-state index contributed by atoms with van der Waals surface area (Å²) < 4.78 is 34.2. The molecule has 0 bridgehead atoms. The molecule has 0 radical (unpaired) electrons. The van der Waals surface area contributed by atoms with Gasteiger partial charge in [-0.25, -0.2) is 13.4 Å². The highest BCUT2D eigenvalue weighted by Gasteiger charge is 2.23. The highest BCUT2D eigenvalue weighted by atomic mass is 32.2. The molecular weight excluding hydrogens is 430 g/mol. The Labute approximate surface area is 189 Å². The zero-order chi connectivity index (χ0) is 23.5. The number of aryl methyl sites for hydroxylation is 3. The second-order valence-electron chi connectivity index (χ2n) is 7.69. The molecule has 3 aromatic rings. The minimum atomic E-state index is -3.56. The summed E-state index contributed by atoms with van der Waals surface area (Å²) in [5.74, 6) is 1.45. The fourth-order valence-electron chi connectivity index (χ4n) is 3.81. The molecular formula is C22H31N5O4S. The van der Waals surface area contributed by atoms with E-state index in [1.54, 1.807) is 30.1 Å². The number of aromatic nitrogens is 3. The summed E-state index contributed by atoms with van der Waals surface area (Å²) in [5, 5.41) is 3.93. The summed E-state index contributed by atoms with van der Waals surface area (Å²) in [7, 11) is -1.82. The molecule has 1 amide bonds. The number of fused-ring (bicyclic) bond motifs is 1. The molecule has 0 N–H and O–H groups in total. The van der Waals surface area contributed by atoms with Crippen LogP contribution in [-0.2, 0) is 34.3 Å². The van der Waals surface area contributed by atoms with Crippen LogP contribution in [0.1, 0.15) is 44.5 Å². The van der Waals surface area contributed by atoms with Gasteiger partial charge in [0.05, 0.1) is 22.5 Å². The number of sulfonamides is 1. The quantitative estimate of drug-likeness (QED) is 0.460. The molecule has 0 aliphatic carbocycles. The fraction of sp³-hybridized carbons (Fsp3) is 0.500. The molecule has 3 rings (SSSR count). The number of hydrogen-bond acceptors (Lipinski definition) is 6. The lowest BCUT2D eigenvalue weighted by atomic mass is 10.2. The molecule has 1 aromatic carbocycles. The van der Waals surface area contributed by atoms with E-state index in [4.69, 9.17) is 4.52 Å². The SMILES string of the molecule is CCN(CC)S(=O)(=O)c1ccc2c(c1)nc(CCC(=O)N(C)Cc1cc(C)on1)n2CC. The van der Waals surface area contributed by atoms with Crippen molar-refractivity contribution in [2.45, 2.75) is 58.5 Å². The Hall–Kier alpha value is -2.72. The molecule has 2 aromatic heterocycles. The molecule has 174 valence electrons. The van der Waals surface area contributed by atoms with Gasteiger partial charge in [0.1, 0.15) is 17.3 Å². The molecule has 0 saturated heterocycles. The van der Waals surface area contributed by atoms with Crippen LogP contribution in [0, 0.1) is 6.92 Å². The maximum atomic E-state index is 12.9. The van der Waals surface area contributed by atoms with Crippen molar-refractivity contribution in [1.29, 1.82) is 0 Å². The van der Waals surface area contributed by atoms with E-state index in [9.17, 15) is 13.2 Å². The number of rotatable bonds is 10. The second-order valence-corrected chi connectivity index (χ2v) is 9.63. The van der Waals surface area contributed by atoms with Crippen molar-refractivity contribution in [2.75, 3.05) is 20.1 Å². The van der Waals surface area contributed by atoms with E-state index in [0.29, 0.717) is 56.0 Å². The smallest absolute Gasteiger partial charge is 0.243 e. The zero-order valence-corrected chi connectivity index (χ0v) is 20.1. The van der Waals surface area contributed by atoms with Gasteiger partial charge in [0.25, 0.3) is 0 Å². The third-order valence-corrected chi connectivity index (χ3v) is 7.57. The molecule has 0 aliphatic heterocycles. The van der Waals surface area contributed by atoms with Gasteiger partial charge in [-0.05, 0) is 32.0 Å². The summed E-state index contributed by atoms with van der Waals surface area (Å²) in [6.07, 6.45) is 0.753. The van der Waals surface area contributed by atoms with Crippen LogP contribution in [0.15, 0.2) is 33.7 Å². The van der Waals surface area contributed by atoms with Gasteiger partial charge < -0.3 is 14.0 Å². The number of nitrogens with zero attached hydrogens (tertiary/aromatic N) is 5. The van der Waals surface area contributed by atoms with Crippen LogP contribution >= 0.6 is 0 Å². The highest BCUT2D eigenvalue weighted by molar-refractivity contribution is 7.89. The Kier molecular flexibility index (Phi) is 7.35. The maximum absolute atomic E-state index is 12.9. The summed E-state index contributed by atoms with van der Waals surface area (Å²) in [4.78, 5) is 19.1. The van der Waals surface area contributed by atoms with Gasteiger partial charge in [0.2, 0.25) is 15.9 Å². The van der Waals surface area contributed by atoms with Crippen molar-refractivity contribution < 1.29 is 17.7 Å². The van der Waals surface area contributed by atoms with Gasteiger partial charge in [0.15, 0.2) is 0 Å². The number of amides is 1. The summed E-state index contributed by atoms with van der Waals surface area (Å²) >= 11 is 0. The minimum Gasteiger partial charge on any atom is -0.361 e. The molecule has 32 heavy (non-hydrogen) atoms. The van der Waals surface area contributed by atoms with Crippen LogP contribution in [0.5, 0.6) is 0 Å². The second kappa shape index (κ2) is 9.83. The van der Waals surface area contributed by atoms with Crippen LogP contribution in [0.4, 0.5) is 0 Å². The van der Waals surface area contributed by atoms with E-state index in [0.717, 1.165) is 11.3 Å². The first-order chi connectivity index (χ1) is 15.2. The zero-order valence-electron chi connectivity index (χ0n) is 19.3. The van der Waals surface area contributed by atoms with Crippen molar-refractivity contribution in [2.24, 2.45) is 0 Å². The lowest BCUT2D eigenvalue weighted by Gasteiger charge is -2.18. The average molecular weight is 462 g/mol. The van der Waals surface area contributed by atoms with Gasteiger partial charge >= 0.3 is 0 Å². The summed E-state index contributed by atoms with van der Waals surface area (Å²) in [6.45, 7) is 9.34. The largest absolute Gasteiger partial charge is 0.361 e. The molecule has 9 nitrogen and oxygen atoms in total. The predicted molar refractivity (Wildman–Crippen MR) is 122 cm³/mol. The molecule has 0 saturated carbocycles. The number of carbonyl (C=O) groups is 1. The third-order valence-electron chi connectivity index (χ3n) is 5.52. The summed E-state index contributed by atoms with van der Waals surface area (Å²) in [6, 6.07) is 6.86. The van der Waals surface area contributed by atoms with Gasteiger partial charge in [-0.15, -0.1) is 0 Å². The first-order valence-corrected chi connectivity index (χ1v) is 12.3. The lowest BCUT2D eigenvalue weighted by molar-refractivity contribution is -0.130. The number of carbonyl (C=O) groups excluding carboxylic acids is 1. The van der Waals surface area contributed by atoms with Crippen LogP contribution < -0.4 is 0 Å². The van der Waals surface area contributed by atoms with Gasteiger partial charge in [0, 0.05) is 45.6 Å². The van der Waals surface area contributed by atoms with Crippen LogP contribution in [0.25, 0.3) is 11.0 Å². The molecule has 0 unspecified atom stereocenters. The number of hydrogen-bond donors (Lipinski definition) is 0. The Balaban J connectivity index is 1.78. The molecule has 0 atom stereocenters. The Morgan fingerprint density at radius 1 is 1.16 bits per heavy atom. The minimum absolute atomic E-state index is 0.0230. The molecule has 0 spiro atoms. The molecule has 10 heteroatoms. The van der Waals surface area contributed by atoms with E-state index >= 15 is 0 Å². The third kappa shape index (κ3) is 4.86. The van der Waals surface area contributed by atoms with Crippen LogP contribution in [-0.4, -0.2) is 58.4 Å². The van der Waals surface area contributed by atoms with Crippen molar-refractivity contribution >= 4 is 27.0 Å². The first-order valence-electron chi connectivity index (χ1n) is 10.9. The van der Waals surface area contributed by atoms with E-state index in [1.807, 2.05) is 38.3 Å². The number of benzene rings is 1. The fourth-order valence-corrected chi connectivity index (χ4v) is 5.29. The van der Waals surface area contributed by atoms with Gasteiger partial charge in [-0.1, -0.05) is 19.0 Å². The van der Waals surface area contributed by atoms with E-state index in [2.05, 4.69) is 10.1 Å². The first kappa shape index (κ1) is 23.9. The van der Waals surface area contributed by atoms with E-state index in [-0.39, 0.29) is 10.8 Å². The standard InChI is InChI=1S/C22H31N5O4S/c1-6-26(7-2)32(29,30)18-9-10-20-19(14-18)23-21(27(20)8-3)11-12-22(28)25(5)15-17-13-16(4)31-24-17/h9-10,13-14H,6-8,11-12,15H2,1-5H3. The normalized spacial score (nSPS) is 12.1. The predicted octanol–water partition coefficient (Wildman–Crippen LogP) is 2.97. The maximum Gasteiger partial charge on any atom is 0.243 e. The van der Waals surface area contributed by atoms with Crippen LogP contribution in [0.2, 0.25) is 0 Å². The highest BCUT2D eigenvalue weighted by Crippen LogP contribution is 2.23. The summed E-state index contributed by atoms with van der Waals surface area (Å²) in [5.41, 5.74) is 2.19. The van der Waals surface area contributed by atoms with Crippen molar-refractivity contribution in [3.05, 3.63) is 41.5 Å². The van der Waals surface area contributed by atoms with Gasteiger partial charge in [-0.2, -0.15) is 4.31 Å². The van der Waals surface area contributed by atoms with Crippen molar-refractivity contribution in [3.63, 3.8) is 0 Å². The van der Waals surface area contributed by atoms with E-state index in [1.165, 1.54) is 4.31 Å². The van der Waals surface area contributed by atoms with Crippen molar-refractivity contribution in [1.82, 2.24) is 23.9 Å². The Morgan fingerprint density at radius 2 is 1.88 bits per heavy atom. The van der Waals surface area contributed by atoms with Crippen LogP contribution in [0.3, 0.4) is 0 Å². The number of imidazole rings is 1. The monoisotopic (exact) mass is 461 g/mol. The van der Waals surface area contributed by atoms with Gasteiger partial charge in [-0.3, -0.25) is 4.79 Å². The Bertz CT molecular complexity index is 1190. The lowest BCUT2D eigenvalue weighted by Crippen LogP contribution is -2.30. The molecule has 2 heterocycles. The van der Waals surface area contributed by atoms with Crippen molar-refractivity contribution in [3.8, 4) is 0 Å². The molecule has 0 aliphatic rings. The average Bonchev–Trinajstić information content (AvgIpc) is 3.34. The topological polar surface area (TPSA) is 102 Å².